The Bertz CT molecular complexity index is 797. The molecule has 0 aromatic carbocycles. The molecule has 1 heterocycles. The van der Waals surface area contributed by atoms with Gasteiger partial charge in [0.15, 0.2) is 0 Å². The highest BCUT2D eigenvalue weighted by Gasteiger charge is 2.45. The van der Waals surface area contributed by atoms with Gasteiger partial charge in [-0.1, -0.05) is 39.3 Å². The monoisotopic (exact) mass is 383 g/mol. The van der Waals surface area contributed by atoms with Crippen molar-refractivity contribution in [1.29, 1.82) is 0 Å². The molecule has 0 spiro atoms. The summed E-state index contributed by atoms with van der Waals surface area (Å²) in [6.07, 6.45) is 12.3. The van der Waals surface area contributed by atoms with E-state index in [1.807, 2.05) is 0 Å². The van der Waals surface area contributed by atoms with Crippen LogP contribution < -0.4 is 5.32 Å². The number of aliphatic carboxylic acids is 1. The molecule has 5 heteroatoms. The first-order valence-corrected chi connectivity index (χ1v) is 10.6. The Morgan fingerprint density at radius 3 is 2.61 bits per heavy atom. The van der Waals surface area contributed by atoms with E-state index >= 15 is 0 Å². The maximum Gasteiger partial charge on any atom is 0.334 e. The van der Waals surface area contributed by atoms with Crippen LogP contribution in [-0.2, 0) is 4.79 Å². The molecule has 3 aliphatic carbocycles. The quantitative estimate of drug-likeness (QED) is 0.759. The van der Waals surface area contributed by atoms with Crippen molar-refractivity contribution >= 4 is 11.9 Å². The van der Waals surface area contributed by atoms with Crippen LogP contribution in [0.1, 0.15) is 59.8 Å². The van der Waals surface area contributed by atoms with Crippen molar-refractivity contribution in [3.8, 4) is 0 Å². The average Bonchev–Trinajstić information content (AvgIpc) is 3.48. The number of hydrogen-bond acceptors (Lipinski definition) is 4. The average molecular weight is 384 g/mol. The van der Waals surface area contributed by atoms with E-state index in [1.165, 1.54) is 31.4 Å². The van der Waals surface area contributed by atoms with Crippen LogP contribution in [0.25, 0.3) is 0 Å². The maximum atomic E-state index is 11.2. The third-order valence-electron chi connectivity index (χ3n) is 7.15. The van der Waals surface area contributed by atoms with Crippen LogP contribution in [0.3, 0.4) is 0 Å². The molecule has 5 nitrogen and oxygen atoms in total. The molecule has 2 saturated carbocycles. The molecule has 0 saturated heterocycles. The first-order chi connectivity index (χ1) is 13.2. The highest BCUT2D eigenvalue weighted by atomic mass is 16.4. The second kappa shape index (κ2) is 6.78. The molecule has 1 aliphatic heterocycles. The van der Waals surface area contributed by atoms with Gasteiger partial charge in [0, 0.05) is 18.4 Å². The van der Waals surface area contributed by atoms with Gasteiger partial charge in [0.2, 0.25) is 5.96 Å². The molecule has 2 N–H and O–H groups in total. The Morgan fingerprint density at radius 2 is 2.00 bits per heavy atom. The third-order valence-corrected chi connectivity index (χ3v) is 7.15. The number of aliphatic imine (C=N–C) groups is 1. The molecule has 1 unspecified atom stereocenters. The zero-order valence-electron chi connectivity index (χ0n) is 17.6. The zero-order valence-corrected chi connectivity index (χ0v) is 17.6. The van der Waals surface area contributed by atoms with E-state index in [0.29, 0.717) is 16.9 Å². The Hall–Kier alpha value is -2.04. The Morgan fingerprint density at radius 1 is 1.25 bits per heavy atom. The van der Waals surface area contributed by atoms with Gasteiger partial charge in [-0.3, -0.25) is 0 Å². The van der Waals surface area contributed by atoms with Crippen LogP contribution in [0.2, 0.25) is 0 Å². The molecule has 28 heavy (non-hydrogen) atoms. The second-order valence-electron chi connectivity index (χ2n) is 10.2. The predicted molar refractivity (Wildman–Crippen MR) is 112 cm³/mol. The second-order valence-corrected chi connectivity index (χ2v) is 10.2. The van der Waals surface area contributed by atoms with Crippen molar-refractivity contribution in [2.45, 2.75) is 59.8 Å². The number of rotatable bonds is 4. The number of carboxylic acids is 1. The van der Waals surface area contributed by atoms with Gasteiger partial charge in [-0.05, 0) is 60.8 Å². The number of nitrogens with one attached hydrogen (secondary N) is 1. The number of carbonyl (C=O) groups is 1. The lowest BCUT2D eigenvalue weighted by Gasteiger charge is -2.50. The minimum Gasteiger partial charge on any atom is -0.478 e. The van der Waals surface area contributed by atoms with E-state index < -0.39 is 5.97 Å². The molecule has 0 aromatic rings. The fourth-order valence-electron chi connectivity index (χ4n) is 4.83. The fourth-order valence-corrected chi connectivity index (χ4v) is 4.83. The van der Waals surface area contributed by atoms with Gasteiger partial charge in [-0.15, -0.1) is 0 Å². The lowest BCUT2D eigenvalue weighted by Crippen LogP contribution is -2.45. The summed E-state index contributed by atoms with van der Waals surface area (Å²) in [7, 11) is 0. The molecular formula is C23H33N3O2. The van der Waals surface area contributed by atoms with Crippen molar-refractivity contribution < 1.29 is 9.90 Å². The number of carboxylic acid groups (broad SMARTS) is 1. The highest BCUT2D eigenvalue weighted by Crippen LogP contribution is 2.55. The molecule has 0 amide bonds. The third kappa shape index (κ3) is 3.63. The van der Waals surface area contributed by atoms with Crippen LogP contribution in [0, 0.1) is 22.7 Å². The van der Waals surface area contributed by atoms with Gasteiger partial charge in [0.1, 0.15) is 0 Å². The molecule has 0 bridgehead atoms. The largest absolute Gasteiger partial charge is 0.478 e. The Labute approximate surface area is 168 Å². The zero-order chi connectivity index (χ0) is 20.1. The van der Waals surface area contributed by atoms with Crippen molar-refractivity contribution in [3.05, 3.63) is 35.2 Å². The smallest absolute Gasteiger partial charge is 0.334 e. The summed E-state index contributed by atoms with van der Waals surface area (Å²) in [6.45, 7) is 10.8. The predicted octanol–water partition coefficient (Wildman–Crippen LogP) is 4.30. The summed E-state index contributed by atoms with van der Waals surface area (Å²) in [4.78, 5) is 18.1. The van der Waals surface area contributed by atoms with E-state index in [-0.39, 0.29) is 12.0 Å². The molecule has 0 radical (unpaired) electrons. The van der Waals surface area contributed by atoms with Crippen LogP contribution in [-0.4, -0.2) is 35.0 Å². The van der Waals surface area contributed by atoms with E-state index in [9.17, 15) is 9.90 Å². The van der Waals surface area contributed by atoms with Gasteiger partial charge < -0.3 is 15.3 Å². The fraction of sp³-hybridized carbons (Fsp3) is 0.652. The van der Waals surface area contributed by atoms with E-state index in [1.54, 1.807) is 11.8 Å². The minimum absolute atomic E-state index is 0.231. The first-order valence-electron chi connectivity index (χ1n) is 10.6. The first kappa shape index (κ1) is 19.3. The summed E-state index contributed by atoms with van der Waals surface area (Å²) >= 11 is 0. The van der Waals surface area contributed by atoms with Gasteiger partial charge in [0.05, 0.1) is 12.1 Å². The van der Waals surface area contributed by atoms with Crippen molar-refractivity contribution in [1.82, 2.24) is 10.2 Å². The number of fused-ring (bicyclic) bond motifs is 1. The van der Waals surface area contributed by atoms with E-state index in [4.69, 9.17) is 0 Å². The van der Waals surface area contributed by atoms with Gasteiger partial charge in [-0.2, -0.15) is 0 Å². The topological polar surface area (TPSA) is 64.9 Å². The number of guanidine groups is 1. The summed E-state index contributed by atoms with van der Waals surface area (Å²) in [5, 5.41) is 12.4. The summed E-state index contributed by atoms with van der Waals surface area (Å²) in [5.74, 6) is 1.16. The summed E-state index contributed by atoms with van der Waals surface area (Å²) in [5.41, 5.74) is 3.77. The highest BCUT2D eigenvalue weighted by molar-refractivity contribution is 5.92. The molecular weight excluding hydrogens is 350 g/mol. The number of allylic oxidation sites excluding steroid dienone is 4. The molecule has 2 fully saturated rings. The molecule has 4 rings (SSSR count). The van der Waals surface area contributed by atoms with Gasteiger partial charge in [0.25, 0.3) is 0 Å². The van der Waals surface area contributed by atoms with Crippen LogP contribution in [0.5, 0.6) is 0 Å². The molecule has 152 valence electrons. The Kier molecular flexibility index (Phi) is 4.67. The molecule has 0 aromatic heterocycles. The van der Waals surface area contributed by atoms with Gasteiger partial charge in [-0.25, -0.2) is 9.79 Å². The normalized spacial score (nSPS) is 28.1. The lowest BCUT2D eigenvalue weighted by molar-refractivity contribution is -0.132. The molecule has 4 aliphatic rings. The number of nitrogens with zero attached hydrogens (tertiary/aromatic N) is 2. The SMILES string of the molecule is CC1(C)CCC(C)(C)C2CC(N(CC3CC3)C3=NCC(C(=O)O)=CN3)=CC=C21. The van der Waals surface area contributed by atoms with Crippen molar-refractivity contribution in [2.75, 3.05) is 13.1 Å². The maximum absolute atomic E-state index is 11.2. The standard InChI is InChI=1S/C23H33N3O2/c1-22(2)9-10-23(3,4)19-11-17(7-8-18(19)22)26(14-15-5-6-15)21-24-12-16(13-25-21)20(27)28/h7-8,12,15,19H,5-6,9-11,13-14H2,1-4H3,(H,24,25)(H,27,28). The van der Waals surface area contributed by atoms with Crippen LogP contribution >= 0.6 is 0 Å². The lowest BCUT2D eigenvalue weighted by atomic mass is 9.55. The van der Waals surface area contributed by atoms with Crippen molar-refractivity contribution in [3.63, 3.8) is 0 Å². The summed E-state index contributed by atoms with van der Waals surface area (Å²) < 4.78 is 0. The van der Waals surface area contributed by atoms with Gasteiger partial charge >= 0.3 is 5.97 Å². The number of hydrogen-bond donors (Lipinski definition) is 2. The van der Waals surface area contributed by atoms with Crippen LogP contribution in [0.4, 0.5) is 0 Å². The minimum atomic E-state index is -0.903. The van der Waals surface area contributed by atoms with E-state index in [2.05, 4.69) is 55.1 Å². The van der Waals surface area contributed by atoms with Crippen LogP contribution in [0.15, 0.2) is 40.2 Å². The Balaban J connectivity index is 1.62. The van der Waals surface area contributed by atoms with Crippen molar-refractivity contribution in [2.24, 2.45) is 27.7 Å². The van der Waals surface area contributed by atoms with E-state index in [0.717, 1.165) is 24.8 Å². The summed E-state index contributed by atoms with van der Waals surface area (Å²) in [6, 6.07) is 0. The molecule has 1 atom stereocenters.